The summed E-state index contributed by atoms with van der Waals surface area (Å²) in [6.07, 6.45) is 4.02. The van der Waals surface area contributed by atoms with Crippen LogP contribution in [0.1, 0.15) is 31.2 Å². The first-order valence-electron chi connectivity index (χ1n) is 6.66. The smallest absolute Gasteiger partial charge is 0.240 e. The summed E-state index contributed by atoms with van der Waals surface area (Å²) in [4.78, 5) is 25.8. The van der Waals surface area contributed by atoms with Gasteiger partial charge in [0.2, 0.25) is 11.8 Å². The molecule has 19 heavy (non-hydrogen) atoms. The van der Waals surface area contributed by atoms with Crippen LogP contribution in [0, 0.1) is 5.92 Å². The molecule has 2 amide bonds. The Balaban J connectivity index is 2.11. The molecular weight excluding hydrogens is 306 g/mol. The minimum atomic E-state index is -0.152. The van der Waals surface area contributed by atoms with E-state index in [1.54, 1.807) is 0 Å². The van der Waals surface area contributed by atoms with Crippen LogP contribution in [0.15, 0.2) is 30.3 Å². The van der Waals surface area contributed by atoms with Crippen molar-refractivity contribution in [3.05, 3.63) is 35.9 Å². The molecule has 1 aliphatic rings. The highest BCUT2D eigenvalue weighted by molar-refractivity contribution is 9.09. The van der Waals surface area contributed by atoms with Crippen LogP contribution >= 0.6 is 15.9 Å². The van der Waals surface area contributed by atoms with E-state index < -0.39 is 0 Å². The van der Waals surface area contributed by atoms with Crippen molar-refractivity contribution in [3.63, 3.8) is 0 Å². The zero-order chi connectivity index (χ0) is 13.7. The van der Waals surface area contributed by atoms with Gasteiger partial charge in [-0.15, -0.1) is 0 Å². The number of halogens is 1. The topological polar surface area (TPSA) is 37.4 Å². The summed E-state index contributed by atoms with van der Waals surface area (Å²) in [7, 11) is 0. The van der Waals surface area contributed by atoms with Crippen molar-refractivity contribution in [3.8, 4) is 0 Å². The van der Waals surface area contributed by atoms with Crippen LogP contribution in [-0.2, 0) is 16.1 Å². The third kappa shape index (κ3) is 3.66. The summed E-state index contributed by atoms with van der Waals surface area (Å²) < 4.78 is 0. The molecule has 0 aliphatic heterocycles. The largest absolute Gasteiger partial charge is 0.277 e. The Morgan fingerprint density at radius 2 is 1.79 bits per heavy atom. The van der Waals surface area contributed by atoms with Crippen LogP contribution in [0.2, 0.25) is 0 Å². The normalized spacial score (nSPS) is 15.4. The molecule has 0 saturated heterocycles. The summed E-state index contributed by atoms with van der Waals surface area (Å²) in [6, 6.07) is 9.66. The molecule has 2 rings (SSSR count). The molecule has 1 aliphatic carbocycles. The highest BCUT2D eigenvalue weighted by Crippen LogP contribution is 2.27. The number of alkyl halides is 1. The number of imide groups is 1. The Kier molecular flexibility index (Phi) is 5.14. The van der Waals surface area contributed by atoms with Crippen LogP contribution in [0.25, 0.3) is 0 Å². The monoisotopic (exact) mass is 323 g/mol. The van der Waals surface area contributed by atoms with Crippen LogP contribution < -0.4 is 0 Å². The molecule has 4 heteroatoms. The van der Waals surface area contributed by atoms with Crippen LogP contribution in [-0.4, -0.2) is 22.0 Å². The highest BCUT2D eigenvalue weighted by atomic mass is 79.9. The summed E-state index contributed by atoms with van der Waals surface area (Å²) in [5, 5.41) is 0.193. The molecule has 1 saturated carbocycles. The van der Waals surface area contributed by atoms with Gasteiger partial charge in [-0.2, -0.15) is 0 Å². The molecule has 0 radical (unpaired) electrons. The maximum absolute atomic E-state index is 12.4. The number of benzene rings is 1. The maximum atomic E-state index is 12.4. The van der Waals surface area contributed by atoms with Gasteiger partial charge in [0.25, 0.3) is 0 Å². The first kappa shape index (κ1) is 14.3. The van der Waals surface area contributed by atoms with Gasteiger partial charge in [-0.1, -0.05) is 59.1 Å². The maximum Gasteiger partial charge on any atom is 0.240 e. The summed E-state index contributed by atoms with van der Waals surface area (Å²) in [6.45, 7) is 0.376. The molecule has 1 fully saturated rings. The molecule has 0 heterocycles. The molecule has 0 aromatic heterocycles. The standard InChI is InChI=1S/C15H18BrNO2/c16-10-14(18)17(11-12-6-2-1-3-7-12)15(19)13-8-4-5-9-13/h1-3,6-7,13H,4-5,8-11H2. The van der Waals surface area contributed by atoms with Gasteiger partial charge in [-0.05, 0) is 18.4 Å². The second-order valence-corrected chi connectivity index (χ2v) is 5.48. The molecule has 0 spiro atoms. The van der Waals surface area contributed by atoms with Crippen LogP contribution in [0.3, 0.4) is 0 Å². The fraction of sp³-hybridized carbons (Fsp3) is 0.467. The van der Waals surface area contributed by atoms with Crippen molar-refractivity contribution in [2.75, 3.05) is 5.33 Å². The second kappa shape index (κ2) is 6.85. The predicted octanol–water partition coefficient (Wildman–Crippen LogP) is 3.13. The zero-order valence-electron chi connectivity index (χ0n) is 10.8. The van der Waals surface area contributed by atoms with Gasteiger partial charge in [0.05, 0.1) is 11.9 Å². The SMILES string of the molecule is O=C(CBr)N(Cc1ccccc1)C(=O)C1CCCC1. The first-order valence-corrected chi connectivity index (χ1v) is 7.78. The van der Waals surface area contributed by atoms with Crippen molar-refractivity contribution in [2.24, 2.45) is 5.92 Å². The number of amides is 2. The first-order chi connectivity index (χ1) is 9.22. The van der Waals surface area contributed by atoms with Gasteiger partial charge < -0.3 is 0 Å². The van der Waals surface area contributed by atoms with E-state index in [0.29, 0.717) is 6.54 Å². The Labute approximate surface area is 122 Å². The lowest BCUT2D eigenvalue weighted by atomic mass is 10.1. The molecule has 1 aromatic carbocycles. The zero-order valence-corrected chi connectivity index (χ0v) is 12.4. The lowest BCUT2D eigenvalue weighted by Crippen LogP contribution is -2.40. The van der Waals surface area contributed by atoms with E-state index in [0.717, 1.165) is 31.2 Å². The van der Waals surface area contributed by atoms with Crippen molar-refractivity contribution in [1.29, 1.82) is 0 Å². The molecule has 0 N–H and O–H groups in total. The van der Waals surface area contributed by atoms with Gasteiger partial charge in [0, 0.05) is 5.92 Å². The van der Waals surface area contributed by atoms with E-state index in [1.807, 2.05) is 30.3 Å². The average molecular weight is 324 g/mol. The van der Waals surface area contributed by atoms with Gasteiger partial charge in [-0.3, -0.25) is 14.5 Å². The van der Waals surface area contributed by atoms with Crippen molar-refractivity contribution < 1.29 is 9.59 Å². The van der Waals surface area contributed by atoms with Crippen LogP contribution in [0.4, 0.5) is 0 Å². The van der Waals surface area contributed by atoms with E-state index in [4.69, 9.17) is 0 Å². The molecule has 1 aromatic rings. The molecule has 102 valence electrons. The lowest BCUT2D eigenvalue weighted by Gasteiger charge is -2.23. The number of rotatable bonds is 4. The van der Waals surface area contributed by atoms with Gasteiger partial charge >= 0.3 is 0 Å². The molecular formula is C15H18BrNO2. The summed E-state index contributed by atoms with van der Waals surface area (Å²) >= 11 is 3.16. The number of carbonyl (C=O) groups excluding carboxylic acids is 2. The summed E-state index contributed by atoms with van der Waals surface area (Å²) in [5.41, 5.74) is 0.989. The molecule has 0 unspecified atom stereocenters. The Bertz CT molecular complexity index is 441. The fourth-order valence-electron chi connectivity index (χ4n) is 2.52. The quantitative estimate of drug-likeness (QED) is 0.798. The molecule has 0 atom stereocenters. The van der Waals surface area contributed by atoms with Gasteiger partial charge in [-0.25, -0.2) is 0 Å². The fourth-order valence-corrected chi connectivity index (χ4v) is 2.82. The lowest BCUT2D eigenvalue weighted by molar-refractivity contribution is -0.146. The predicted molar refractivity (Wildman–Crippen MR) is 77.8 cm³/mol. The van der Waals surface area contributed by atoms with Crippen molar-refractivity contribution in [2.45, 2.75) is 32.2 Å². The second-order valence-electron chi connectivity index (χ2n) is 4.92. The van der Waals surface area contributed by atoms with E-state index in [-0.39, 0.29) is 23.1 Å². The van der Waals surface area contributed by atoms with Crippen molar-refractivity contribution >= 4 is 27.7 Å². The number of nitrogens with zero attached hydrogens (tertiary/aromatic N) is 1. The Hall–Kier alpha value is -1.16. The minimum Gasteiger partial charge on any atom is -0.277 e. The van der Waals surface area contributed by atoms with Crippen LogP contribution in [0.5, 0.6) is 0 Å². The van der Waals surface area contributed by atoms with E-state index in [2.05, 4.69) is 15.9 Å². The van der Waals surface area contributed by atoms with E-state index >= 15 is 0 Å². The van der Waals surface area contributed by atoms with Crippen molar-refractivity contribution in [1.82, 2.24) is 4.90 Å². The van der Waals surface area contributed by atoms with Gasteiger partial charge in [0.15, 0.2) is 0 Å². The molecule has 0 bridgehead atoms. The Morgan fingerprint density at radius 1 is 1.16 bits per heavy atom. The number of hydrogen-bond acceptors (Lipinski definition) is 2. The number of hydrogen-bond donors (Lipinski definition) is 0. The molecule has 3 nitrogen and oxygen atoms in total. The minimum absolute atomic E-state index is 0.00852. The highest BCUT2D eigenvalue weighted by Gasteiger charge is 2.30. The van der Waals surface area contributed by atoms with Gasteiger partial charge in [0.1, 0.15) is 0 Å². The number of carbonyl (C=O) groups is 2. The average Bonchev–Trinajstić information content (AvgIpc) is 2.98. The Morgan fingerprint density at radius 3 is 2.37 bits per heavy atom. The van der Waals surface area contributed by atoms with E-state index in [1.165, 1.54) is 4.90 Å². The third-order valence-electron chi connectivity index (χ3n) is 3.57. The summed E-state index contributed by atoms with van der Waals surface area (Å²) in [5.74, 6) is -0.127. The van der Waals surface area contributed by atoms with E-state index in [9.17, 15) is 9.59 Å². The third-order valence-corrected chi connectivity index (χ3v) is 4.05.